The Balaban J connectivity index is 3.19. The molecule has 15 heavy (non-hydrogen) atoms. The summed E-state index contributed by atoms with van der Waals surface area (Å²) in [6.07, 6.45) is 0. The van der Waals surface area contributed by atoms with Gasteiger partial charge in [0.2, 0.25) is 5.91 Å². The molecule has 6 heteroatoms. The van der Waals surface area contributed by atoms with Crippen molar-refractivity contribution in [2.75, 3.05) is 5.32 Å². The maximum Gasteiger partial charge on any atom is 0.337 e. The predicted molar refractivity (Wildman–Crippen MR) is 65.4 cm³/mol. The van der Waals surface area contributed by atoms with Gasteiger partial charge in [-0.15, -0.1) is 0 Å². The van der Waals surface area contributed by atoms with Gasteiger partial charge < -0.3 is 10.4 Å². The third-order valence-electron chi connectivity index (χ3n) is 1.60. The molecule has 1 aromatic carbocycles. The molecule has 1 rings (SSSR count). The number of carbonyl (C=O) groups is 2. The minimum absolute atomic E-state index is 0.0233. The normalized spacial score (nSPS) is 9.80. The van der Waals surface area contributed by atoms with Crippen molar-refractivity contribution in [1.82, 2.24) is 0 Å². The summed E-state index contributed by atoms with van der Waals surface area (Å²) in [6.45, 7) is 1.37. The summed E-state index contributed by atoms with van der Waals surface area (Å²) in [6, 6.07) is 2.84. The zero-order valence-corrected chi connectivity index (χ0v) is 10.6. The summed E-state index contributed by atoms with van der Waals surface area (Å²) in [7, 11) is 0. The average molecular weight is 340 g/mol. The van der Waals surface area contributed by atoms with Gasteiger partial charge in [-0.25, -0.2) is 4.79 Å². The van der Waals surface area contributed by atoms with E-state index < -0.39 is 5.97 Å². The van der Waals surface area contributed by atoms with Crippen LogP contribution >= 0.6 is 34.2 Å². The van der Waals surface area contributed by atoms with E-state index in [2.05, 4.69) is 5.32 Å². The number of hydrogen-bond donors (Lipinski definition) is 2. The fourth-order valence-electron chi connectivity index (χ4n) is 0.996. The Kier molecular flexibility index (Phi) is 3.92. The summed E-state index contributed by atoms with van der Waals surface area (Å²) in [4.78, 5) is 21.6. The SMILES string of the molecule is CC(=O)Nc1cc(Cl)c(C(=O)O)cc1I. The lowest BCUT2D eigenvalue weighted by Crippen LogP contribution is -2.08. The second-order valence-electron chi connectivity index (χ2n) is 2.80. The van der Waals surface area contributed by atoms with Crippen molar-refractivity contribution in [3.05, 3.63) is 26.3 Å². The molecule has 0 aromatic heterocycles. The van der Waals surface area contributed by atoms with Gasteiger partial charge in [0.05, 0.1) is 16.3 Å². The first kappa shape index (κ1) is 12.3. The molecule has 0 heterocycles. The van der Waals surface area contributed by atoms with E-state index in [1.807, 2.05) is 22.6 Å². The quantitative estimate of drug-likeness (QED) is 0.814. The maximum absolute atomic E-state index is 10.8. The monoisotopic (exact) mass is 339 g/mol. The topological polar surface area (TPSA) is 66.4 Å². The fraction of sp³-hybridized carbons (Fsp3) is 0.111. The van der Waals surface area contributed by atoms with E-state index in [0.717, 1.165) is 0 Å². The fourth-order valence-corrected chi connectivity index (χ4v) is 1.84. The molecule has 0 aliphatic carbocycles. The van der Waals surface area contributed by atoms with Crippen molar-refractivity contribution < 1.29 is 14.7 Å². The predicted octanol–water partition coefficient (Wildman–Crippen LogP) is 2.60. The van der Waals surface area contributed by atoms with Crippen molar-refractivity contribution >= 4 is 51.8 Å². The molecule has 1 amide bonds. The molecule has 2 N–H and O–H groups in total. The molecule has 0 saturated heterocycles. The highest BCUT2D eigenvalue weighted by molar-refractivity contribution is 14.1. The minimum Gasteiger partial charge on any atom is -0.478 e. The van der Waals surface area contributed by atoms with Crippen molar-refractivity contribution in [2.45, 2.75) is 6.92 Å². The zero-order valence-electron chi connectivity index (χ0n) is 7.67. The minimum atomic E-state index is -1.09. The molecule has 1 aromatic rings. The Hall–Kier alpha value is -0.820. The van der Waals surface area contributed by atoms with E-state index >= 15 is 0 Å². The Morgan fingerprint density at radius 2 is 2.07 bits per heavy atom. The van der Waals surface area contributed by atoms with Crippen LogP contribution in [0.1, 0.15) is 17.3 Å². The second-order valence-corrected chi connectivity index (χ2v) is 4.37. The molecule has 0 spiro atoms. The number of benzene rings is 1. The first-order valence-electron chi connectivity index (χ1n) is 3.91. The van der Waals surface area contributed by atoms with Crippen molar-refractivity contribution in [3.8, 4) is 0 Å². The Morgan fingerprint density at radius 3 is 2.53 bits per heavy atom. The molecule has 0 fully saturated rings. The lowest BCUT2D eigenvalue weighted by atomic mass is 10.2. The van der Waals surface area contributed by atoms with Gasteiger partial charge >= 0.3 is 5.97 Å². The van der Waals surface area contributed by atoms with Crippen LogP contribution in [-0.4, -0.2) is 17.0 Å². The highest BCUT2D eigenvalue weighted by atomic mass is 127. The summed E-state index contributed by atoms with van der Waals surface area (Å²) >= 11 is 7.68. The highest BCUT2D eigenvalue weighted by Gasteiger charge is 2.12. The Bertz CT molecular complexity index is 434. The summed E-state index contributed by atoms with van der Waals surface area (Å²) in [5.41, 5.74) is 0.535. The first-order chi connectivity index (χ1) is 6.91. The molecule has 0 bridgehead atoms. The largest absolute Gasteiger partial charge is 0.478 e. The molecule has 0 aliphatic rings. The maximum atomic E-state index is 10.8. The Labute approximate surface area is 105 Å². The third-order valence-corrected chi connectivity index (χ3v) is 2.80. The number of carboxylic acid groups (broad SMARTS) is 1. The number of carbonyl (C=O) groups excluding carboxylic acids is 1. The van der Waals surface area contributed by atoms with E-state index in [4.69, 9.17) is 16.7 Å². The number of nitrogens with one attached hydrogen (secondary N) is 1. The van der Waals surface area contributed by atoms with Crippen LogP contribution in [0.5, 0.6) is 0 Å². The molecule has 80 valence electrons. The van der Waals surface area contributed by atoms with Crippen molar-refractivity contribution in [1.29, 1.82) is 0 Å². The van der Waals surface area contributed by atoms with Crippen LogP contribution in [0.3, 0.4) is 0 Å². The average Bonchev–Trinajstić information content (AvgIpc) is 2.09. The third kappa shape index (κ3) is 3.07. The van der Waals surface area contributed by atoms with Crippen LogP contribution in [0.25, 0.3) is 0 Å². The number of aromatic carboxylic acids is 1. The van der Waals surface area contributed by atoms with Crippen LogP contribution < -0.4 is 5.32 Å². The highest BCUT2D eigenvalue weighted by Crippen LogP contribution is 2.26. The van der Waals surface area contributed by atoms with Gasteiger partial charge in [-0.2, -0.15) is 0 Å². The second kappa shape index (κ2) is 4.80. The van der Waals surface area contributed by atoms with Gasteiger partial charge in [0.15, 0.2) is 0 Å². The lowest BCUT2D eigenvalue weighted by Gasteiger charge is -2.07. The van der Waals surface area contributed by atoms with E-state index in [1.165, 1.54) is 19.1 Å². The number of anilines is 1. The van der Waals surface area contributed by atoms with Crippen LogP contribution in [0, 0.1) is 3.57 Å². The van der Waals surface area contributed by atoms with Gasteiger partial charge in [0.1, 0.15) is 0 Å². The smallest absolute Gasteiger partial charge is 0.337 e. The van der Waals surface area contributed by atoms with Crippen LogP contribution in [-0.2, 0) is 4.79 Å². The standard InChI is InChI=1S/C9H7ClINO3/c1-4(13)12-8-3-6(10)5(9(14)15)2-7(8)11/h2-3H,1H3,(H,12,13)(H,14,15). The van der Waals surface area contributed by atoms with Gasteiger partial charge in [-0.1, -0.05) is 11.6 Å². The molecule has 0 saturated carbocycles. The summed E-state index contributed by atoms with van der Waals surface area (Å²) in [5.74, 6) is -1.32. The zero-order chi connectivity index (χ0) is 11.6. The molecule has 0 radical (unpaired) electrons. The van der Waals surface area contributed by atoms with E-state index in [9.17, 15) is 9.59 Å². The van der Waals surface area contributed by atoms with Crippen LogP contribution in [0.15, 0.2) is 12.1 Å². The first-order valence-corrected chi connectivity index (χ1v) is 5.37. The van der Waals surface area contributed by atoms with Gasteiger partial charge in [0, 0.05) is 10.5 Å². The number of halogens is 2. The summed E-state index contributed by atoms with van der Waals surface area (Å²) < 4.78 is 0.629. The lowest BCUT2D eigenvalue weighted by molar-refractivity contribution is -0.114. The van der Waals surface area contributed by atoms with Crippen molar-refractivity contribution in [3.63, 3.8) is 0 Å². The molecule has 0 aliphatic heterocycles. The number of hydrogen-bond acceptors (Lipinski definition) is 2. The van der Waals surface area contributed by atoms with E-state index in [1.54, 1.807) is 0 Å². The van der Waals surface area contributed by atoms with E-state index in [0.29, 0.717) is 9.26 Å². The van der Waals surface area contributed by atoms with Gasteiger partial charge in [-0.3, -0.25) is 4.79 Å². The Morgan fingerprint density at radius 1 is 1.47 bits per heavy atom. The van der Waals surface area contributed by atoms with Gasteiger partial charge in [0.25, 0.3) is 0 Å². The van der Waals surface area contributed by atoms with E-state index in [-0.39, 0.29) is 16.5 Å². The van der Waals surface area contributed by atoms with Crippen LogP contribution in [0.2, 0.25) is 5.02 Å². The molecular formula is C9H7ClINO3. The molecule has 4 nitrogen and oxygen atoms in total. The molecular weight excluding hydrogens is 332 g/mol. The van der Waals surface area contributed by atoms with Crippen molar-refractivity contribution in [2.24, 2.45) is 0 Å². The van der Waals surface area contributed by atoms with Gasteiger partial charge in [-0.05, 0) is 34.7 Å². The number of amides is 1. The molecule has 0 unspecified atom stereocenters. The van der Waals surface area contributed by atoms with Crippen LogP contribution in [0.4, 0.5) is 5.69 Å². The number of carboxylic acids is 1. The summed E-state index contributed by atoms with van der Waals surface area (Å²) in [5, 5.41) is 11.4. The number of rotatable bonds is 2. The molecule has 0 atom stereocenters.